The summed E-state index contributed by atoms with van der Waals surface area (Å²) in [4.78, 5) is 24.9. The van der Waals surface area contributed by atoms with E-state index in [9.17, 15) is 4.79 Å². The van der Waals surface area contributed by atoms with Crippen molar-refractivity contribution >= 4 is 39.7 Å². The number of anilines is 4. The summed E-state index contributed by atoms with van der Waals surface area (Å²) in [5.41, 5.74) is 12.9. The topological polar surface area (TPSA) is 30.0 Å². The third-order valence-electron chi connectivity index (χ3n) is 14.7. The third-order valence-corrected chi connectivity index (χ3v) is 14.7. The van der Waals surface area contributed by atoms with E-state index in [1.165, 1.54) is 148 Å². The Bertz CT molecular complexity index is 2030. The average Bonchev–Trinajstić information content (AvgIpc) is 3.44. The summed E-state index contributed by atoms with van der Waals surface area (Å²) in [5.74, 6) is -0.0769. The summed E-state index contributed by atoms with van der Waals surface area (Å²) in [6, 6.07) is 47.3. The minimum atomic E-state index is -0.223. The van der Waals surface area contributed by atoms with Crippen LogP contribution < -0.4 is 19.6 Å². The van der Waals surface area contributed by atoms with Crippen LogP contribution in [0.5, 0.6) is 0 Å². The van der Waals surface area contributed by atoms with E-state index < -0.39 is 0 Å². The van der Waals surface area contributed by atoms with Crippen LogP contribution in [0.1, 0.15) is 197 Å². The zero-order chi connectivity index (χ0) is 52.8. The van der Waals surface area contributed by atoms with Gasteiger partial charge in [-0.05, 0) is 133 Å². The van der Waals surface area contributed by atoms with Gasteiger partial charge in [-0.15, -0.1) is 0 Å². The van der Waals surface area contributed by atoms with Gasteiger partial charge in [0.15, 0.2) is 5.78 Å². The second-order valence-electron chi connectivity index (χ2n) is 20.8. The summed E-state index contributed by atoms with van der Waals surface area (Å²) < 4.78 is 0. The van der Waals surface area contributed by atoms with Gasteiger partial charge in [-0.25, -0.2) is 0 Å². The number of benzene rings is 5. The van der Waals surface area contributed by atoms with E-state index in [0.29, 0.717) is 6.42 Å². The first kappa shape index (κ1) is 59.3. The summed E-state index contributed by atoms with van der Waals surface area (Å²) in [6.07, 6.45) is 24.0. The molecule has 0 aliphatic carbocycles. The van der Waals surface area contributed by atoms with Crippen LogP contribution in [0.15, 0.2) is 140 Å². The van der Waals surface area contributed by atoms with E-state index >= 15 is 0 Å². The number of hydrogen-bond donors (Lipinski definition) is 0. The van der Waals surface area contributed by atoms with Crippen LogP contribution in [0.3, 0.4) is 0 Å². The summed E-state index contributed by atoms with van der Waals surface area (Å²) in [7, 11) is 0. The molecule has 0 heterocycles. The van der Waals surface area contributed by atoms with Crippen molar-refractivity contribution in [3.63, 3.8) is 0 Å². The van der Waals surface area contributed by atoms with Crippen molar-refractivity contribution in [1.82, 2.24) is 0 Å². The molecule has 0 aliphatic heterocycles. The molecule has 5 aromatic rings. The molecule has 0 aliphatic rings. The quantitative estimate of drug-likeness (QED) is 0.0370. The SMILES string of the molecule is CCCCN(CCCC)c1ccc(C(=CC(C=C(c2ccc(N(CCCC)CCCC)cc2)c2ccc(N(CCCC)CCCC)cc2)CC(=O)c2ccccc2)c2ccc(N(CCCC)CCCC)cc2)cc1. The zero-order valence-corrected chi connectivity index (χ0v) is 47.7. The molecule has 5 rings (SSSR count). The Morgan fingerprint density at radius 3 is 0.770 bits per heavy atom. The number of hydrogen-bond acceptors (Lipinski definition) is 5. The maximum atomic E-state index is 14.7. The van der Waals surface area contributed by atoms with Gasteiger partial charge in [0.2, 0.25) is 0 Å². The number of carbonyl (C=O) groups is 1. The Balaban J connectivity index is 1.75. The number of carbonyl (C=O) groups excluding carboxylic acids is 1. The van der Waals surface area contributed by atoms with E-state index in [1.807, 2.05) is 30.3 Å². The molecular formula is C69H98N4O. The molecule has 0 spiro atoms. The second kappa shape index (κ2) is 34.1. The summed E-state index contributed by atoms with van der Waals surface area (Å²) in [5, 5.41) is 0. The summed E-state index contributed by atoms with van der Waals surface area (Å²) in [6.45, 7) is 26.8. The molecular weight excluding hydrogens is 901 g/mol. The first-order valence-corrected chi connectivity index (χ1v) is 29.7. The van der Waals surface area contributed by atoms with E-state index in [0.717, 1.165) is 69.1 Å². The molecule has 0 saturated heterocycles. The molecule has 0 bridgehead atoms. The molecule has 74 heavy (non-hydrogen) atoms. The van der Waals surface area contributed by atoms with Gasteiger partial charge in [-0.3, -0.25) is 4.79 Å². The minimum absolute atomic E-state index is 0.146. The molecule has 0 unspecified atom stereocenters. The van der Waals surface area contributed by atoms with E-state index in [2.05, 4.69) is 184 Å². The van der Waals surface area contributed by atoms with Gasteiger partial charge in [-0.1, -0.05) is 198 Å². The highest BCUT2D eigenvalue weighted by Crippen LogP contribution is 2.35. The Morgan fingerprint density at radius 2 is 0.554 bits per heavy atom. The lowest BCUT2D eigenvalue weighted by atomic mass is 9.87. The average molecular weight is 1000 g/mol. The maximum absolute atomic E-state index is 14.7. The highest BCUT2D eigenvalue weighted by Gasteiger charge is 2.20. The predicted octanol–water partition coefficient (Wildman–Crippen LogP) is 18.8. The van der Waals surface area contributed by atoms with E-state index in [-0.39, 0.29) is 11.7 Å². The van der Waals surface area contributed by atoms with Crippen LogP contribution in [-0.2, 0) is 0 Å². The number of Topliss-reactive ketones (excluding diaryl/α,β-unsaturated/α-hetero) is 1. The number of unbranched alkanes of at least 4 members (excludes halogenated alkanes) is 8. The van der Waals surface area contributed by atoms with Crippen molar-refractivity contribution in [2.24, 2.45) is 5.92 Å². The van der Waals surface area contributed by atoms with Gasteiger partial charge >= 0.3 is 0 Å². The van der Waals surface area contributed by atoms with E-state index in [4.69, 9.17) is 0 Å². The third kappa shape index (κ3) is 19.0. The number of rotatable bonds is 37. The van der Waals surface area contributed by atoms with Crippen molar-refractivity contribution in [1.29, 1.82) is 0 Å². The molecule has 0 radical (unpaired) electrons. The van der Waals surface area contributed by atoms with Crippen LogP contribution in [0.25, 0.3) is 11.1 Å². The van der Waals surface area contributed by atoms with E-state index in [1.54, 1.807) is 0 Å². The molecule has 0 amide bonds. The van der Waals surface area contributed by atoms with Crippen LogP contribution >= 0.6 is 0 Å². The molecule has 5 nitrogen and oxygen atoms in total. The normalized spacial score (nSPS) is 11.1. The molecule has 0 N–H and O–H groups in total. The zero-order valence-electron chi connectivity index (χ0n) is 47.7. The molecule has 5 heteroatoms. The largest absolute Gasteiger partial charge is 0.372 e. The number of ketones is 1. The molecule has 0 fully saturated rings. The van der Waals surface area contributed by atoms with Crippen LogP contribution in [0.4, 0.5) is 22.7 Å². The fourth-order valence-electron chi connectivity index (χ4n) is 9.95. The number of nitrogens with zero attached hydrogens (tertiary/aromatic N) is 4. The molecule has 0 aromatic heterocycles. The lowest BCUT2D eigenvalue weighted by Crippen LogP contribution is -2.25. The van der Waals surface area contributed by atoms with Gasteiger partial charge < -0.3 is 19.6 Å². The van der Waals surface area contributed by atoms with Gasteiger partial charge in [0.25, 0.3) is 0 Å². The Labute approximate surface area is 452 Å². The lowest BCUT2D eigenvalue weighted by Gasteiger charge is -2.26. The first-order valence-electron chi connectivity index (χ1n) is 29.7. The standard InChI is InChI=1S/C69H98N4O/c1-9-17-46-70(47-18-10-2)63-38-30-58(31-39-63)67(59-32-40-64(41-33-59)71(48-19-11-3)49-20-12-4)54-57(56-69(74)62-28-26-25-27-29-62)55-68(60-34-42-65(43-35-60)72(50-21-13-5)51-22-14-6)61-36-44-66(45-37-61)73(52-23-15-7)53-24-16-8/h25-45,54-55,57H,9-24,46-53,56H2,1-8H3. The smallest absolute Gasteiger partial charge is 0.163 e. The minimum Gasteiger partial charge on any atom is -0.372 e. The molecule has 0 saturated carbocycles. The molecule has 400 valence electrons. The van der Waals surface area contributed by atoms with Crippen LogP contribution in [-0.4, -0.2) is 58.1 Å². The number of allylic oxidation sites excluding steroid dienone is 2. The Kier molecular flexibility index (Phi) is 27.3. The second-order valence-corrected chi connectivity index (χ2v) is 20.8. The Hall–Kier alpha value is -5.55. The maximum Gasteiger partial charge on any atom is 0.163 e. The molecule has 5 aromatic carbocycles. The van der Waals surface area contributed by atoms with Crippen molar-refractivity contribution in [3.8, 4) is 0 Å². The van der Waals surface area contributed by atoms with Gasteiger partial charge in [0, 0.05) is 93.0 Å². The van der Waals surface area contributed by atoms with Crippen molar-refractivity contribution in [2.45, 2.75) is 165 Å². The van der Waals surface area contributed by atoms with Crippen LogP contribution in [0, 0.1) is 5.92 Å². The lowest BCUT2D eigenvalue weighted by molar-refractivity contribution is 0.0975. The molecule has 0 atom stereocenters. The van der Waals surface area contributed by atoms with Gasteiger partial charge in [-0.2, -0.15) is 0 Å². The van der Waals surface area contributed by atoms with Crippen molar-refractivity contribution in [2.75, 3.05) is 72.0 Å². The first-order chi connectivity index (χ1) is 36.3. The summed E-state index contributed by atoms with van der Waals surface area (Å²) >= 11 is 0. The van der Waals surface area contributed by atoms with Gasteiger partial charge in [0.05, 0.1) is 0 Å². The highest BCUT2D eigenvalue weighted by atomic mass is 16.1. The van der Waals surface area contributed by atoms with Crippen molar-refractivity contribution in [3.05, 3.63) is 167 Å². The Morgan fingerprint density at radius 1 is 0.324 bits per heavy atom. The van der Waals surface area contributed by atoms with Crippen LogP contribution in [0.2, 0.25) is 0 Å². The van der Waals surface area contributed by atoms with Gasteiger partial charge in [0.1, 0.15) is 0 Å². The monoisotopic (exact) mass is 999 g/mol. The predicted molar refractivity (Wildman–Crippen MR) is 327 cm³/mol. The van der Waals surface area contributed by atoms with Crippen molar-refractivity contribution < 1.29 is 4.79 Å². The fraction of sp³-hybridized carbons (Fsp3) is 0.493. The highest BCUT2D eigenvalue weighted by molar-refractivity contribution is 5.97. The fourth-order valence-corrected chi connectivity index (χ4v) is 9.95.